The second-order valence-electron chi connectivity index (χ2n) is 17.4. The Morgan fingerprint density at radius 1 is 0.852 bits per heavy atom. The Hall–Kier alpha value is -5.38. The minimum atomic E-state index is -1.09. The second-order valence-corrected chi connectivity index (χ2v) is 17.4. The summed E-state index contributed by atoms with van der Waals surface area (Å²) in [6.45, 7) is 6.57. The molecule has 4 aliphatic rings. The summed E-state index contributed by atoms with van der Waals surface area (Å²) in [5.41, 5.74) is 4.54. The standard InChI is InChI=1S/C45H61N7O9/c1-30-27-31(28-37-41(30)48(4)44(57)60-37)29-38(61-45(58)51-22-16-35(17-23-51)52-24-15-34-7-5-6-8-36(34)46-43(52)56)42(55)50-20-13-33(14-21-50)32-11-18-49(19-12-32)39(53)9-10-40(54)59-26-25-47(2)3/h5-8,27-28,32-33,35,38H,9-26,29H2,1-4H3,(H,46,56)/t38-/m1/s1. The van der Waals surface area contributed by atoms with Crippen molar-refractivity contribution in [3.63, 3.8) is 0 Å². The van der Waals surface area contributed by atoms with Gasteiger partial charge in [0.2, 0.25) is 5.91 Å². The molecule has 0 saturated carbocycles. The molecule has 61 heavy (non-hydrogen) atoms. The predicted molar refractivity (Wildman–Crippen MR) is 228 cm³/mol. The van der Waals surface area contributed by atoms with Crippen LogP contribution in [0.1, 0.15) is 68.1 Å². The van der Waals surface area contributed by atoms with Gasteiger partial charge in [0.25, 0.3) is 5.91 Å². The third kappa shape index (κ3) is 10.6. The van der Waals surface area contributed by atoms with Crippen molar-refractivity contribution in [2.75, 3.05) is 78.4 Å². The lowest BCUT2D eigenvalue weighted by Gasteiger charge is -2.41. The summed E-state index contributed by atoms with van der Waals surface area (Å²) in [5.74, 6) is -0.269. The number of carbonyl (C=O) groups excluding carboxylic acids is 5. The molecule has 2 aromatic carbocycles. The van der Waals surface area contributed by atoms with Gasteiger partial charge in [0.1, 0.15) is 6.61 Å². The van der Waals surface area contributed by atoms with E-state index in [1.807, 2.05) is 66.1 Å². The largest absolute Gasteiger partial charge is 0.464 e. The van der Waals surface area contributed by atoms with Crippen LogP contribution in [-0.2, 0) is 43.7 Å². The Bertz CT molecular complexity index is 2120. The van der Waals surface area contributed by atoms with Crippen molar-refractivity contribution >= 4 is 46.7 Å². The van der Waals surface area contributed by atoms with Crippen LogP contribution in [0.3, 0.4) is 0 Å². The van der Waals surface area contributed by atoms with Gasteiger partial charge in [-0.2, -0.15) is 0 Å². The van der Waals surface area contributed by atoms with Gasteiger partial charge in [-0.3, -0.25) is 19.0 Å². The number of piperidine rings is 3. The van der Waals surface area contributed by atoms with Crippen molar-refractivity contribution in [2.24, 2.45) is 18.9 Å². The highest BCUT2D eigenvalue weighted by atomic mass is 16.6. The highest BCUT2D eigenvalue weighted by Gasteiger charge is 2.37. The summed E-state index contributed by atoms with van der Waals surface area (Å²) in [6.07, 6.45) is 3.99. The van der Waals surface area contributed by atoms with E-state index in [0.29, 0.717) is 94.7 Å². The van der Waals surface area contributed by atoms with E-state index in [1.165, 1.54) is 4.57 Å². The summed E-state index contributed by atoms with van der Waals surface area (Å²) in [5, 5.41) is 3.04. The number of urea groups is 1. The summed E-state index contributed by atoms with van der Waals surface area (Å²) in [4.78, 5) is 87.9. The fraction of sp³-hybridized carbons (Fsp3) is 0.600. The molecule has 330 valence electrons. The van der Waals surface area contributed by atoms with Crippen molar-refractivity contribution in [1.29, 1.82) is 0 Å². The van der Waals surface area contributed by atoms with E-state index in [4.69, 9.17) is 13.9 Å². The smallest absolute Gasteiger partial charge is 0.419 e. The minimum absolute atomic E-state index is 0.0201. The van der Waals surface area contributed by atoms with Crippen LogP contribution in [0.2, 0.25) is 0 Å². The van der Waals surface area contributed by atoms with Crippen LogP contribution in [-0.4, -0.2) is 144 Å². The van der Waals surface area contributed by atoms with E-state index in [0.717, 1.165) is 54.5 Å². The number of likely N-dealkylation sites (tertiary alicyclic amines) is 3. The first kappa shape index (κ1) is 43.7. The van der Waals surface area contributed by atoms with Crippen molar-refractivity contribution in [3.8, 4) is 0 Å². The molecule has 4 aliphatic heterocycles. The number of hydrogen-bond donors (Lipinski definition) is 1. The van der Waals surface area contributed by atoms with Crippen LogP contribution in [0.25, 0.3) is 11.1 Å². The summed E-state index contributed by atoms with van der Waals surface area (Å²) >= 11 is 0. The molecule has 0 bridgehead atoms. The van der Waals surface area contributed by atoms with Crippen LogP contribution in [0, 0.1) is 18.8 Å². The van der Waals surface area contributed by atoms with E-state index < -0.39 is 18.0 Å². The first-order valence-electron chi connectivity index (χ1n) is 21.9. The van der Waals surface area contributed by atoms with Gasteiger partial charge in [0.15, 0.2) is 11.7 Å². The number of hydrogen-bond acceptors (Lipinski definition) is 10. The van der Waals surface area contributed by atoms with Crippen LogP contribution in [0.4, 0.5) is 15.3 Å². The normalized spacial score (nSPS) is 18.8. The molecule has 0 radical (unpaired) electrons. The van der Waals surface area contributed by atoms with Gasteiger partial charge in [0.05, 0.1) is 11.9 Å². The lowest BCUT2D eigenvalue weighted by molar-refractivity contribution is -0.146. The maximum Gasteiger partial charge on any atom is 0.419 e. The Balaban J connectivity index is 0.938. The molecule has 7 rings (SSSR count). The van der Waals surface area contributed by atoms with E-state index in [2.05, 4.69) is 5.32 Å². The average Bonchev–Trinajstić information content (AvgIpc) is 3.43. The SMILES string of the molecule is Cc1cc(C[C@@H](OC(=O)N2CCC(N3CCc4ccccc4NC3=O)CC2)C(=O)N2CCC(C3CCN(C(=O)CCC(=O)OCCN(C)C)CC3)CC2)cc2oc(=O)n(C)c12. The van der Waals surface area contributed by atoms with Gasteiger partial charge in [-0.1, -0.05) is 24.3 Å². The number of nitrogens with zero attached hydrogens (tertiary/aromatic N) is 6. The number of anilines is 1. The number of ether oxygens (including phenoxy) is 2. The van der Waals surface area contributed by atoms with Crippen molar-refractivity contribution in [2.45, 2.75) is 83.3 Å². The Morgan fingerprint density at radius 2 is 1.51 bits per heavy atom. The molecule has 16 heteroatoms. The van der Waals surface area contributed by atoms with Crippen molar-refractivity contribution in [3.05, 3.63) is 63.6 Å². The molecule has 5 heterocycles. The zero-order valence-electron chi connectivity index (χ0n) is 36.1. The first-order chi connectivity index (χ1) is 29.3. The van der Waals surface area contributed by atoms with E-state index in [1.54, 1.807) is 22.9 Å². The molecule has 0 aliphatic carbocycles. The molecule has 0 unspecified atom stereocenters. The average molecular weight is 844 g/mol. The maximum absolute atomic E-state index is 14.4. The Labute approximate surface area is 357 Å². The topological polar surface area (TPSA) is 167 Å². The molecule has 0 spiro atoms. The molecule has 16 nitrogen and oxygen atoms in total. The molecule has 3 fully saturated rings. The fourth-order valence-corrected chi connectivity index (χ4v) is 9.58. The van der Waals surface area contributed by atoms with E-state index in [9.17, 15) is 28.8 Å². The van der Waals surface area contributed by atoms with Gasteiger partial charge < -0.3 is 43.7 Å². The van der Waals surface area contributed by atoms with E-state index in [-0.39, 0.29) is 49.1 Å². The quantitative estimate of drug-likeness (QED) is 0.258. The number of rotatable bonds is 12. The number of nitrogens with one attached hydrogen (secondary N) is 1. The van der Waals surface area contributed by atoms with Crippen LogP contribution >= 0.6 is 0 Å². The predicted octanol–water partition coefficient (Wildman–Crippen LogP) is 4.40. The highest BCUT2D eigenvalue weighted by molar-refractivity contribution is 5.91. The second kappa shape index (κ2) is 19.6. The lowest BCUT2D eigenvalue weighted by atomic mass is 9.78. The van der Waals surface area contributed by atoms with Crippen LogP contribution < -0.4 is 11.1 Å². The Morgan fingerprint density at radius 3 is 2.20 bits per heavy atom. The third-order valence-electron chi connectivity index (χ3n) is 13.1. The molecule has 5 amide bonds. The molecule has 1 N–H and O–H groups in total. The number of esters is 1. The minimum Gasteiger partial charge on any atom is -0.464 e. The van der Waals surface area contributed by atoms with Gasteiger partial charge >= 0.3 is 23.8 Å². The Kier molecular flexibility index (Phi) is 14.0. The summed E-state index contributed by atoms with van der Waals surface area (Å²) < 4.78 is 18.3. The van der Waals surface area contributed by atoms with Crippen molar-refractivity contribution < 1.29 is 37.9 Å². The number of benzene rings is 2. The number of likely N-dealkylation sites (N-methyl/N-ethyl adjacent to an activating group) is 1. The number of carbonyl (C=O) groups is 5. The molecular formula is C45H61N7O9. The zero-order valence-corrected chi connectivity index (χ0v) is 36.1. The zero-order chi connectivity index (χ0) is 43.2. The lowest BCUT2D eigenvalue weighted by Crippen LogP contribution is -2.52. The number of aryl methyl sites for hydroxylation is 2. The van der Waals surface area contributed by atoms with Gasteiger partial charge in [-0.05, 0) is 107 Å². The van der Waals surface area contributed by atoms with Crippen molar-refractivity contribution in [1.82, 2.24) is 29.1 Å². The number of oxazole rings is 1. The van der Waals surface area contributed by atoms with Gasteiger partial charge in [-0.15, -0.1) is 0 Å². The van der Waals surface area contributed by atoms with Crippen LogP contribution in [0.15, 0.2) is 45.6 Å². The molecule has 3 saturated heterocycles. The molecular weight excluding hydrogens is 783 g/mol. The van der Waals surface area contributed by atoms with E-state index >= 15 is 0 Å². The summed E-state index contributed by atoms with van der Waals surface area (Å²) in [7, 11) is 5.47. The molecule has 3 aromatic rings. The third-order valence-corrected chi connectivity index (χ3v) is 13.1. The monoisotopic (exact) mass is 843 g/mol. The number of aromatic nitrogens is 1. The highest BCUT2D eigenvalue weighted by Crippen LogP contribution is 2.34. The summed E-state index contributed by atoms with van der Waals surface area (Å²) in [6, 6.07) is 11.3. The van der Waals surface area contributed by atoms with Gasteiger partial charge in [-0.25, -0.2) is 14.4 Å². The number of amides is 5. The molecule has 1 aromatic heterocycles. The number of para-hydroxylation sites is 1. The first-order valence-corrected chi connectivity index (χ1v) is 21.9. The van der Waals surface area contributed by atoms with Gasteiger partial charge in [0, 0.05) is 84.0 Å². The maximum atomic E-state index is 14.4. The molecule has 1 atom stereocenters. The fourth-order valence-electron chi connectivity index (χ4n) is 9.58. The number of fused-ring (bicyclic) bond motifs is 2. The van der Waals surface area contributed by atoms with Crippen LogP contribution in [0.5, 0.6) is 0 Å².